The van der Waals surface area contributed by atoms with Crippen LogP contribution in [-0.2, 0) is 0 Å². The van der Waals surface area contributed by atoms with E-state index in [0.717, 1.165) is 42.6 Å². The van der Waals surface area contributed by atoms with Crippen LogP contribution < -0.4 is 16.0 Å². The predicted octanol–water partition coefficient (Wildman–Crippen LogP) is 1.71. The lowest BCUT2D eigenvalue weighted by Gasteiger charge is -2.18. The predicted molar refractivity (Wildman–Crippen MR) is 90.7 cm³/mol. The molecule has 2 aromatic heterocycles. The maximum atomic E-state index is 12.6. The number of aryl methyl sites for hydroxylation is 1. The molecule has 3 N–H and O–H groups in total. The van der Waals surface area contributed by atoms with Crippen molar-refractivity contribution >= 4 is 28.1 Å². The lowest BCUT2D eigenvalue weighted by atomic mass is 10.1. The number of hydrogen-bond acceptors (Lipinski definition) is 7. The lowest BCUT2D eigenvalue weighted by molar-refractivity contribution is 0.103. The quantitative estimate of drug-likeness (QED) is 0.838. The number of nitrogens with two attached hydrogens (primary N) is 1. The fourth-order valence-corrected chi connectivity index (χ4v) is 3.46. The number of pyridine rings is 1. The molecule has 1 aliphatic rings. The summed E-state index contributed by atoms with van der Waals surface area (Å²) in [6, 6.07) is 3.41. The topological polar surface area (TPSA) is 84.1 Å². The minimum atomic E-state index is -0.154. The van der Waals surface area contributed by atoms with Gasteiger partial charge in [0.2, 0.25) is 5.78 Å². The van der Waals surface area contributed by atoms with Gasteiger partial charge in [-0.2, -0.15) is 0 Å². The molecule has 7 heteroatoms. The van der Waals surface area contributed by atoms with E-state index in [2.05, 4.69) is 20.2 Å². The molecule has 0 aliphatic carbocycles. The van der Waals surface area contributed by atoms with Gasteiger partial charge in [-0.1, -0.05) is 0 Å². The number of rotatable bonds is 3. The molecule has 0 bridgehead atoms. The van der Waals surface area contributed by atoms with Gasteiger partial charge in [0.25, 0.3) is 0 Å². The highest BCUT2D eigenvalue weighted by atomic mass is 32.1. The van der Waals surface area contributed by atoms with Crippen molar-refractivity contribution in [2.75, 3.05) is 36.8 Å². The van der Waals surface area contributed by atoms with Crippen LogP contribution in [0.2, 0.25) is 0 Å². The zero-order chi connectivity index (χ0) is 15.5. The summed E-state index contributed by atoms with van der Waals surface area (Å²) in [5.74, 6) is 0.0963. The number of thiazole rings is 1. The number of carbonyl (C=O) groups is 1. The Hall–Kier alpha value is -1.99. The van der Waals surface area contributed by atoms with Gasteiger partial charge < -0.3 is 16.0 Å². The Balaban J connectivity index is 0.00000192. The number of hydrogen-bond donors (Lipinski definition) is 2. The highest BCUT2D eigenvalue weighted by molar-refractivity contribution is 7.15. The highest BCUT2D eigenvalue weighted by Gasteiger charge is 2.22. The van der Waals surface area contributed by atoms with E-state index < -0.39 is 0 Å². The van der Waals surface area contributed by atoms with Crippen molar-refractivity contribution in [3.8, 4) is 0 Å². The molecular weight excluding hydrogens is 298 g/mol. The Morgan fingerprint density at radius 2 is 2.32 bits per heavy atom. The summed E-state index contributed by atoms with van der Waals surface area (Å²) in [6.07, 6.45) is 2.66. The molecule has 1 aliphatic heterocycles. The molecule has 0 atom stereocenters. The van der Waals surface area contributed by atoms with E-state index in [1.54, 1.807) is 29.7 Å². The number of anilines is 2. The van der Waals surface area contributed by atoms with Crippen LogP contribution >= 0.6 is 11.3 Å². The first-order chi connectivity index (χ1) is 10.7. The van der Waals surface area contributed by atoms with Gasteiger partial charge in [-0.05, 0) is 32.0 Å². The first-order valence-electron chi connectivity index (χ1n) is 7.35. The number of carbonyl (C=O) groups excluding carboxylic acids is 1. The maximum Gasteiger partial charge on any atom is 0.216 e. The van der Waals surface area contributed by atoms with Crippen molar-refractivity contribution in [3.05, 3.63) is 34.5 Å². The number of ketones is 1. The summed E-state index contributed by atoms with van der Waals surface area (Å²) in [6.45, 7) is 5.77. The maximum absolute atomic E-state index is 12.6. The molecule has 3 heterocycles. The van der Waals surface area contributed by atoms with E-state index >= 15 is 0 Å². The molecule has 6 nitrogen and oxygen atoms in total. The Morgan fingerprint density at radius 3 is 3.14 bits per heavy atom. The van der Waals surface area contributed by atoms with Gasteiger partial charge in [-0.25, -0.2) is 9.97 Å². The second-order valence-electron chi connectivity index (χ2n) is 5.26. The molecule has 118 valence electrons. The van der Waals surface area contributed by atoms with Crippen molar-refractivity contribution in [2.24, 2.45) is 0 Å². The van der Waals surface area contributed by atoms with Gasteiger partial charge in [-0.3, -0.25) is 4.79 Å². The van der Waals surface area contributed by atoms with E-state index in [9.17, 15) is 4.79 Å². The molecule has 2 aromatic rings. The fraction of sp³-hybridized carbons (Fsp3) is 0.400. The minimum absolute atomic E-state index is 0. The monoisotopic (exact) mass is 319 g/mol. The third kappa shape index (κ3) is 2.95. The Labute approximate surface area is 134 Å². The summed E-state index contributed by atoms with van der Waals surface area (Å²) >= 11 is 1.56. The molecule has 0 unspecified atom stereocenters. The number of nitrogens with zero attached hydrogens (tertiary/aromatic N) is 3. The van der Waals surface area contributed by atoms with E-state index in [-0.39, 0.29) is 13.0 Å². The summed E-state index contributed by atoms with van der Waals surface area (Å²) in [7, 11) is 0. The van der Waals surface area contributed by atoms with Gasteiger partial charge in [0, 0.05) is 32.1 Å². The van der Waals surface area contributed by atoms with Crippen molar-refractivity contribution in [1.29, 1.82) is 0 Å². The largest absolute Gasteiger partial charge is 0.383 e. The van der Waals surface area contributed by atoms with Gasteiger partial charge in [0.1, 0.15) is 11.5 Å². The molecule has 0 saturated carbocycles. The normalized spacial score (nSPS) is 15.6. The Bertz CT molecular complexity index is 682. The third-order valence-electron chi connectivity index (χ3n) is 3.69. The summed E-state index contributed by atoms with van der Waals surface area (Å²) < 4.78 is 0. The van der Waals surface area contributed by atoms with E-state index in [1.807, 2.05) is 6.92 Å². The number of nitrogen functional groups attached to an aromatic ring is 1. The SMILES string of the molecule is Cc1sc(N2CCCNCC2)nc1C(=O)c1cccnc1N.[HH]. The van der Waals surface area contributed by atoms with Gasteiger partial charge >= 0.3 is 0 Å². The summed E-state index contributed by atoms with van der Waals surface area (Å²) in [5.41, 5.74) is 6.70. The number of aromatic nitrogens is 2. The average Bonchev–Trinajstić information content (AvgIpc) is 2.74. The molecule has 0 spiro atoms. The molecule has 0 aromatic carbocycles. The standard InChI is InChI=1S/C15H19N5OS.H2/c1-10-12(13(21)11-4-2-6-18-14(11)16)19-15(22-10)20-8-3-5-17-7-9-20;/h2,4,6,17H,3,5,7-9H2,1H3,(H2,16,18);1H. The number of nitrogens with one attached hydrogen (secondary N) is 1. The van der Waals surface area contributed by atoms with Crippen molar-refractivity contribution in [1.82, 2.24) is 15.3 Å². The van der Waals surface area contributed by atoms with E-state index in [4.69, 9.17) is 5.73 Å². The Kier molecular flexibility index (Phi) is 4.35. The van der Waals surface area contributed by atoms with E-state index in [0.29, 0.717) is 11.3 Å². The molecule has 3 rings (SSSR count). The minimum Gasteiger partial charge on any atom is -0.383 e. The van der Waals surface area contributed by atoms with Gasteiger partial charge in [0.05, 0.1) is 5.56 Å². The zero-order valence-electron chi connectivity index (χ0n) is 12.5. The molecule has 1 saturated heterocycles. The highest BCUT2D eigenvalue weighted by Crippen LogP contribution is 2.28. The van der Waals surface area contributed by atoms with Crippen LogP contribution in [0.15, 0.2) is 18.3 Å². The average molecular weight is 319 g/mol. The summed E-state index contributed by atoms with van der Waals surface area (Å²) in [4.78, 5) is 24.4. The van der Waals surface area contributed by atoms with Crippen molar-refractivity contribution in [2.45, 2.75) is 13.3 Å². The molecule has 1 fully saturated rings. The van der Waals surface area contributed by atoms with Gasteiger partial charge in [0.15, 0.2) is 5.13 Å². The van der Waals surface area contributed by atoms with Crippen LogP contribution in [0.4, 0.5) is 10.9 Å². The van der Waals surface area contributed by atoms with Gasteiger partial charge in [-0.15, -0.1) is 11.3 Å². The molecular formula is C15H21N5OS. The lowest BCUT2D eigenvalue weighted by Crippen LogP contribution is -2.27. The molecule has 0 amide bonds. The van der Waals surface area contributed by atoms with Crippen molar-refractivity contribution < 1.29 is 6.22 Å². The van der Waals surface area contributed by atoms with Crippen molar-refractivity contribution in [3.63, 3.8) is 0 Å². The van der Waals surface area contributed by atoms with Crippen LogP contribution in [0.25, 0.3) is 0 Å². The van der Waals surface area contributed by atoms with E-state index in [1.165, 1.54) is 0 Å². The van der Waals surface area contributed by atoms with Crippen LogP contribution in [-0.4, -0.2) is 41.9 Å². The Morgan fingerprint density at radius 1 is 1.45 bits per heavy atom. The van der Waals surface area contributed by atoms with Crippen LogP contribution in [0.3, 0.4) is 0 Å². The smallest absolute Gasteiger partial charge is 0.216 e. The molecule has 0 radical (unpaired) electrons. The first kappa shape index (κ1) is 14.9. The van der Waals surface area contributed by atoms with Crippen LogP contribution in [0.1, 0.15) is 28.8 Å². The zero-order valence-corrected chi connectivity index (χ0v) is 13.3. The first-order valence-corrected chi connectivity index (χ1v) is 8.17. The fourth-order valence-electron chi connectivity index (χ4n) is 2.50. The second-order valence-corrected chi connectivity index (χ2v) is 6.44. The van der Waals surface area contributed by atoms with Crippen LogP contribution in [0.5, 0.6) is 0 Å². The molecule has 22 heavy (non-hydrogen) atoms. The third-order valence-corrected chi connectivity index (χ3v) is 4.73. The second kappa shape index (κ2) is 6.41. The summed E-state index contributed by atoms with van der Waals surface area (Å²) in [5, 5.41) is 4.28. The van der Waals surface area contributed by atoms with Crippen LogP contribution in [0, 0.1) is 6.92 Å².